The van der Waals surface area contributed by atoms with Gasteiger partial charge < -0.3 is 4.74 Å². The maximum absolute atomic E-state index is 12.9. The Morgan fingerprint density at radius 1 is 1.40 bits per heavy atom. The van der Waals surface area contributed by atoms with Crippen LogP contribution in [0.15, 0.2) is 11.2 Å². The second-order valence-corrected chi connectivity index (χ2v) is 6.28. The van der Waals surface area contributed by atoms with Crippen LogP contribution in [0.5, 0.6) is 5.75 Å². The highest BCUT2D eigenvalue weighted by Gasteiger charge is 2.35. The molecular formula is C8H4BrClF5NO3S. The van der Waals surface area contributed by atoms with E-state index in [4.69, 9.17) is 10.7 Å². The van der Waals surface area contributed by atoms with Gasteiger partial charge in [0.25, 0.3) is 15.5 Å². The quantitative estimate of drug-likeness (QED) is 0.436. The zero-order valence-electron chi connectivity index (χ0n) is 9.09. The van der Waals surface area contributed by atoms with E-state index in [-0.39, 0.29) is 0 Å². The minimum Gasteiger partial charge on any atom is -0.404 e. The zero-order chi connectivity index (χ0) is 15.7. The summed E-state index contributed by atoms with van der Waals surface area (Å²) < 4.78 is 87.9. The molecule has 1 heterocycles. The van der Waals surface area contributed by atoms with Crippen LogP contribution < -0.4 is 4.74 Å². The fourth-order valence-electron chi connectivity index (χ4n) is 1.30. The second-order valence-electron chi connectivity index (χ2n) is 3.24. The van der Waals surface area contributed by atoms with E-state index in [2.05, 4.69) is 25.7 Å². The molecule has 0 atom stereocenters. The van der Waals surface area contributed by atoms with Gasteiger partial charge in [-0.25, -0.2) is 22.2 Å². The molecule has 0 saturated carbocycles. The summed E-state index contributed by atoms with van der Waals surface area (Å²) in [4.78, 5) is 3.02. The van der Waals surface area contributed by atoms with Crippen LogP contribution in [0.4, 0.5) is 22.0 Å². The van der Waals surface area contributed by atoms with E-state index < -0.39 is 49.1 Å². The highest BCUT2D eigenvalue weighted by atomic mass is 79.9. The highest BCUT2D eigenvalue weighted by molar-refractivity contribution is 9.08. The van der Waals surface area contributed by atoms with Crippen molar-refractivity contribution in [2.75, 3.05) is 0 Å². The smallest absolute Gasteiger partial charge is 0.404 e. The fraction of sp³-hybridized carbons (Fsp3) is 0.375. The minimum absolute atomic E-state index is 0.366. The van der Waals surface area contributed by atoms with E-state index in [0.29, 0.717) is 6.20 Å². The lowest BCUT2D eigenvalue weighted by molar-refractivity contribution is -0.275. The van der Waals surface area contributed by atoms with Crippen LogP contribution in [0.3, 0.4) is 0 Å². The van der Waals surface area contributed by atoms with Crippen molar-refractivity contribution < 1.29 is 35.1 Å². The highest BCUT2D eigenvalue weighted by Crippen LogP contribution is 2.38. The normalized spacial score (nSPS) is 12.8. The molecule has 114 valence electrons. The molecule has 1 rings (SSSR count). The average molecular weight is 405 g/mol. The molecule has 0 aliphatic carbocycles. The van der Waals surface area contributed by atoms with Crippen LogP contribution >= 0.6 is 26.6 Å². The number of aromatic nitrogens is 1. The van der Waals surface area contributed by atoms with Gasteiger partial charge in [-0.2, -0.15) is 0 Å². The van der Waals surface area contributed by atoms with Gasteiger partial charge in [-0.1, -0.05) is 15.9 Å². The molecule has 1 aromatic rings. The van der Waals surface area contributed by atoms with E-state index in [1.807, 2.05) is 0 Å². The maximum Gasteiger partial charge on any atom is 0.573 e. The molecule has 0 aliphatic heterocycles. The van der Waals surface area contributed by atoms with Gasteiger partial charge in [0.05, 0.1) is 11.8 Å². The number of hydrogen-bond donors (Lipinski definition) is 0. The number of halogens is 7. The van der Waals surface area contributed by atoms with Gasteiger partial charge in [-0.3, -0.25) is 0 Å². The van der Waals surface area contributed by atoms with Crippen molar-refractivity contribution in [2.24, 2.45) is 0 Å². The van der Waals surface area contributed by atoms with Gasteiger partial charge in [0.1, 0.15) is 0 Å². The standard InChI is InChI=1S/C8H4BrClF5NO3S/c9-1-3-4(19-8(13,14)15)2-16-7(20(10,17)18)5(3)6(11)12/h2,6H,1H2. The molecule has 0 radical (unpaired) electrons. The fourth-order valence-corrected chi connectivity index (χ4v) is 2.90. The van der Waals surface area contributed by atoms with Gasteiger partial charge >= 0.3 is 6.36 Å². The summed E-state index contributed by atoms with van der Waals surface area (Å²) in [5.74, 6) is -1.03. The first-order valence-corrected chi connectivity index (χ1v) is 7.96. The van der Waals surface area contributed by atoms with Crippen molar-refractivity contribution in [1.82, 2.24) is 4.98 Å². The predicted molar refractivity (Wildman–Crippen MR) is 61.5 cm³/mol. The summed E-state index contributed by atoms with van der Waals surface area (Å²) in [6.07, 6.45) is -8.18. The lowest BCUT2D eigenvalue weighted by atomic mass is 10.1. The molecule has 12 heteroatoms. The number of nitrogens with zero attached hydrogens (tertiary/aromatic N) is 1. The predicted octanol–water partition coefficient (Wildman–Crippen LogP) is 3.74. The van der Waals surface area contributed by atoms with E-state index >= 15 is 0 Å². The van der Waals surface area contributed by atoms with Crippen LogP contribution in [0.1, 0.15) is 17.6 Å². The summed E-state index contributed by atoms with van der Waals surface area (Å²) in [6.45, 7) is 0. The molecule has 0 N–H and O–H groups in total. The number of alkyl halides is 6. The number of pyridine rings is 1. The monoisotopic (exact) mass is 403 g/mol. The van der Waals surface area contributed by atoms with Crippen molar-refractivity contribution in [3.05, 3.63) is 17.3 Å². The Labute approximate surface area is 122 Å². The Morgan fingerprint density at radius 2 is 1.95 bits per heavy atom. The summed E-state index contributed by atoms with van der Waals surface area (Å²) in [7, 11) is 0.272. The summed E-state index contributed by atoms with van der Waals surface area (Å²) in [5.41, 5.74) is -1.94. The summed E-state index contributed by atoms with van der Waals surface area (Å²) >= 11 is 2.69. The molecule has 0 fully saturated rings. The molecule has 0 aliphatic rings. The van der Waals surface area contributed by atoms with Gasteiger partial charge in [-0.05, 0) is 0 Å². The molecule has 0 unspecified atom stereocenters. The molecule has 0 saturated heterocycles. The van der Waals surface area contributed by atoms with Gasteiger partial charge in [-0.15, -0.1) is 13.2 Å². The number of hydrogen-bond acceptors (Lipinski definition) is 4. The van der Waals surface area contributed by atoms with Crippen LogP contribution in [0.2, 0.25) is 0 Å². The molecule has 20 heavy (non-hydrogen) atoms. The topological polar surface area (TPSA) is 56.3 Å². The SMILES string of the molecule is O=S(=O)(Cl)c1ncc(OC(F)(F)F)c(CBr)c1C(F)F. The van der Waals surface area contributed by atoms with E-state index in [9.17, 15) is 30.4 Å². The Hall–Kier alpha value is -0.680. The molecule has 1 aromatic heterocycles. The van der Waals surface area contributed by atoms with Gasteiger partial charge in [0.2, 0.25) is 0 Å². The Morgan fingerprint density at radius 3 is 2.30 bits per heavy atom. The Balaban J connectivity index is 3.59. The Bertz CT molecular complexity index is 607. The minimum atomic E-state index is -5.14. The van der Waals surface area contributed by atoms with Gasteiger partial charge in [0.15, 0.2) is 10.8 Å². The van der Waals surface area contributed by atoms with Crippen molar-refractivity contribution in [1.29, 1.82) is 0 Å². The molecule has 0 bridgehead atoms. The number of rotatable bonds is 4. The summed E-state index contributed by atoms with van der Waals surface area (Å²) in [5, 5.41) is -1.72. The lowest BCUT2D eigenvalue weighted by Gasteiger charge is -2.16. The van der Waals surface area contributed by atoms with Crippen LogP contribution in [-0.2, 0) is 14.4 Å². The Kier molecular flexibility index (Phi) is 5.19. The van der Waals surface area contributed by atoms with Crippen molar-refractivity contribution in [2.45, 2.75) is 23.1 Å². The first-order valence-electron chi connectivity index (χ1n) is 4.53. The summed E-state index contributed by atoms with van der Waals surface area (Å²) in [6, 6.07) is 0. The van der Waals surface area contributed by atoms with E-state index in [1.165, 1.54) is 0 Å². The molecular weight excluding hydrogens is 401 g/mol. The van der Waals surface area contributed by atoms with Crippen LogP contribution in [-0.4, -0.2) is 19.8 Å². The largest absolute Gasteiger partial charge is 0.573 e. The van der Waals surface area contributed by atoms with Crippen LogP contribution in [0, 0.1) is 0 Å². The lowest BCUT2D eigenvalue weighted by Crippen LogP contribution is -2.19. The third-order valence-corrected chi connectivity index (χ3v) is 3.75. The molecule has 4 nitrogen and oxygen atoms in total. The third-order valence-electron chi connectivity index (χ3n) is 1.96. The molecule has 0 amide bonds. The zero-order valence-corrected chi connectivity index (χ0v) is 12.2. The average Bonchev–Trinajstić information content (AvgIpc) is 2.24. The third kappa shape index (κ3) is 4.16. The van der Waals surface area contributed by atoms with E-state index in [1.54, 1.807) is 0 Å². The molecule has 0 spiro atoms. The van der Waals surface area contributed by atoms with Crippen LogP contribution in [0.25, 0.3) is 0 Å². The first kappa shape index (κ1) is 17.4. The second kappa shape index (κ2) is 5.98. The molecule has 0 aromatic carbocycles. The first-order chi connectivity index (χ1) is 8.97. The van der Waals surface area contributed by atoms with Gasteiger partial charge in [0, 0.05) is 21.6 Å². The van der Waals surface area contributed by atoms with Crippen molar-refractivity contribution in [3.8, 4) is 5.75 Å². The van der Waals surface area contributed by atoms with E-state index in [0.717, 1.165) is 0 Å². The van der Waals surface area contributed by atoms with Crippen molar-refractivity contribution >= 4 is 35.7 Å². The van der Waals surface area contributed by atoms with Crippen molar-refractivity contribution in [3.63, 3.8) is 0 Å². The number of ether oxygens (including phenoxy) is 1. The maximum atomic E-state index is 12.9.